The van der Waals surface area contributed by atoms with E-state index in [9.17, 15) is 83.8 Å². The molecule has 0 unspecified atom stereocenters. The molecule has 7 aliphatic rings. The quantitative estimate of drug-likeness (QED) is 0.0138. The number of Topliss-reactive ketones (excluding diaryl/α,β-unsaturated/α-hetero) is 1. The Morgan fingerprint density at radius 1 is 0.475 bits per heavy atom. The van der Waals surface area contributed by atoms with Gasteiger partial charge in [-0.2, -0.15) is 33.8 Å². The summed E-state index contributed by atoms with van der Waals surface area (Å²) in [5.74, 6) is -1.49. The Labute approximate surface area is 787 Å². The second kappa shape index (κ2) is 47.0. The first-order valence-electron chi connectivity index (χ1n) is 42.9. The molecule has 0 aromatic carbocycles. The van der Waals surface area contributed by atoms with Crippen LogP contribution in [0.25, 0.3) is 52.2 Å². The number of rotatable bonds is 29. The van der Waals surface area contributed by atoms with Crippen LogP contribution in [0.4, 0.5) is 19.0 Å². The SMILES string of the molecule is C#C[C@@]1(F)[C@H](O)[C@@H](COC(C)C)O[C@H]1n1cnc2c1N=CCC2=O.Cc1ccn([C@@H]2O[C@@](COC(C)C)(N=[N+]=[N-])[C@@H](O)C2(F)F)c(=O)n1.Cc1ccn([C@@H]2O[C@@](COC(C)C)(N=[N+]=[N-])[C@@H](O)[C@@H]2O)c(=O)n1.Cc1ccn([C@@H]2O[C@@](COC(C)C)(N=[N+]=[N-])[C@@H](O)[C@H]2O)c(=O)n1.Cc1ccn([C@]2(C)O[C@@](COC(C)C)(N=[N+]=[N-])[C@@H](O)[C@H]2O)c(=O)n1.Cc1ncn([C@@H]2O[C@@](COC(C)C)(N=[N+]=[N-])[C@@H](O)[C@H]2O)n1. The highest BCUT2D eigenvalue weighted by Crippen LogP contribution is 2.50. The van der Waals surface area contributed by atoms with Crippen molar-refractivity contribution in [1.29, 1.82) is 0 Å². The van der Waals surface area contributed by atoms with Gasteiger partial charge in [-0.25, -0.2) is 43.2 Å². The van der Waals surface area contributed by atoms with Gasteiger partial charge in [0.2, 0.25) is 40.5 Å². The number of ether oxygens (including phenoxy) is 12. The summed E-state index contributed by atoms with van der Waals surface area (Å²) in [5.41, 5.74) is 29.0. The number of hydrogen-bond acceptors (Lipinski definition) is 40. The van der Waals surface area contributed by atoms with Crippen LogP contribution in [0.15, 0.2) is 111 Å². The molecule has 56 nitrogen and oxygen atoms in total. The van der Waals surface area contributed by atoms with Crippen LogP contribution in [0.1, 0.15) is 167 Å². The summed E-state index contributed by atoms with van der Waals surface area (Å²) in [6.45, 7) is 29.0. The minimum absolute atomic E-state index is 0.0121. The first kappa shape index (κ1) is 113. The van der Waals surface area contributed by atoms with Gasteiger partial charge in [-0.15, -0.1) is 6.42 Å². The lowest BCUT2D eigenvalue weighted by atomic mass is 9.97. The Morgan fingerprint density at radius 2 is 0.856 bits per heavy atom. The van der Waals surface area contributed by atoms with Gasteiger partial charge in [0, 0.05) is 84.8 Å². The molecule has 13 heterocycles. The first-order chi connectivity index (χ1) is 65.2. The maximum absolute atomic E-state index is 15.3. The molecule has 0 saturated carbocycles. The molecule has 6 fully saturated rings. The van der Waals surface area contributed by atoms with Gasteiger partial charge in [-0.3, -0.25) is 27.6 Å². The highest BCUT2D eigenvalue weighted by molar-refractivity contribution is 6.08. The average Bonchev–Trinajstić information content (AvgIpc) is 1.58. The lowest BCUT2D eigenvalue weighted by Gasteiger charge is -2.31. The van der Waals surface area contributed by atoms with E-state index in [0.717, 1.165) is 19.9 Å². The first-order valence-corrected chi connectivity index (χ1v) is 42.9. The maximum Gasteiger partial charge on any atom is 0.350 e. The third kappa shape index (κ3) is 25.2. The lowest BCUT2D eigenvalue weighted by molar-refractivity contribution is -0.189. The number of aryl methyl sites for hydroxylation is 5. The average molecular weight is 1970 g/mol. The number of nitrogens with zero attached hydrogens (tertiary/aromatic N) is 29. The fourth-order valence-corrected chi connectivity index (χ4v) is 14.3. The number of azide groups is 5. The minimum Gasteiger partial charge on any atom is -0.387 e. The molecule has 6 saturated heterocycles. The number of imidazole rings is 1. The second-order valence-electron chi connectivity index (χ2n) is 34.2. The summed E-state index contributed by atoms with van der Waals surface area (Å²) in [4.78, 5) is 99.8. The molecule has 10 N–H and O–H groups in total. The summed E-state index contributed by atoms with van der Waals surface area (Å²) in [6, 6.07) is 6.02. The number of carbonyl (C=O) groups excluding carboxylic acids is 1. The van der Waals surface area contributed by atoms with Gasteiger partial charge in [0.05, 0.1) is 82.6 Å². The van der Waals surface area contributed by atoms with Gasteiger partial charge in [-0.05, 0) is 177 Å². The number of terminal acetylenes is 1. The van der Waals surface area contributed by atoms with E-state index in [1.54, 1.807) is 115 Å². The molecular formula is C80H112F3N29O27. The Hall–Kier alpha value is -11.8. The van der Waals surface area contributed by atoms with Crippen molar-refractivity contribution in [1.82, 2.24) is 62.5 Å². The zero-order valence-electron chi connectivity index (χ0n) is 78.6. The van der Waals surface area contributed by atoms with Crippen molar-refractivity contribution in [2.24, 2.45) is 30.6 Å². The zero-order chi connectivity index (χ0) is 104. The molecule has 6 aromatic rings. The fraction of sp³-hybridized carbons (Fsp3) is 0.688. The standard InChI is InChI=1S/C16H18FN3O4.C14H21N5O5.C13H17F2N5O4.2C13H19N5O5.C11H18N6O4/c1-4-16(17)13(22)11(7-23-9(2)3)24-15(16)20-8-19-12-10(21)5-6-18-14(12)20;1-8(2)23-7-14(17-18-15)11(21)10(20)13(4,24-14)19-6-5-9(3)16-12(19)22;1-7(2)23-6-12(18-19-16)9(21)13(14,15)10(24-12)20-5-4-8(3)17-11(20)22;2*1-7(2)22-6-13(16-17-14)10(20)9(19)11(23-13)18-5-4-8(3)15-12(18)21;1-6(2)20-4-11(15-16-12)9(19)8(18)10(21-11)17-5-13-7(3)14-17/h1,6,8-9,11,13,15,22H,5,7H2,2-3H3;5-6,8,10-11,20-21H,7H2,1-4H3;4-5,7,9-10,21H,6H2,1-3H3;2*4-5,7,9-11,19-20H,6H2,1-3H3;5-6,8-10,18-19H,4H2,1-3H3/t11-,13-,15-,16-;10-,11+,13-,14-;9-,10-,12-;9-,10+,11-,13-;9-,10-,11+,13+;8-,9+,10-,11-/m111101/s1. The predicted molar refractivity (Wildman–Crippen MR) is 470 cm³/mol. The number of alkyl halides is 3. The van der Waals surface area contributed by atoms with Crippen molar-refractivity contribution < 1.29 is 126 Å². The fourth-order valence-electron chi connectivity index (χ4n) is 14.3. The zero-order valence-corrected chi connectivity index (χ0v) is 78.6. The highest BCUT2D eigenvalue weighted by Gasteiger charge is 2.68. The van der Waals surface area contributed by atoms with E-state index >= 15 is 4.39 Å². The number of ketones is 1. The minimum atomic E-state index is -3.91. The monoisotopic (exact) mass is 1970 g/mol. The van der Waals surface area contributed by atoms with E-state index in [4.69, 9.17) is 90.9 Å². The van der Waals surface area contributed by atoms with E-state index in [0.29, 0.717) is 33.2 Å². The van der Waals surface area contributed by atoms with Gasteiger partial charge >= 0.3 is 28.7 Å². The lowest BCUT2D eigenvalue weighted by Crippen LogP contribution is -2.48. The number of aliphatic imine (C=N–C) groups is 1. The molecular weight excluding hydrogens is 1860 g/mol. The number of carbonyl (C=O) groups is 1. The van der Waals surface area contributed by atoms with Crippen LogP contribution >= 0.6 is 0 Å². The van der Waals surface area contributed by atoms with E-state index < -0.39 is 174 Å². The molecule has 0 bridgehead atoms. The summed E-state index contributed by atoms with van der Waals surface area (Å²) >= 11 is 0. The van der Waals surface area contributed by atoms with Crippen LogP contribution in [-0.2, 0) is 62.6 Å². The summed E-state index contributed by atoms with van der Waals surface area (Å²) < 4.78 is 116. The molecule has 59 heteroatoms. The molecule has 13 rings (SSSR count). The van der Waals surface area contributed by atoms with E-state index in [2.05, 4.69) is 90.1 Å². The summed E-state index contributed by atoms with van der Waals surface area (Å²) in [7, 11) is 0. The van der Waals surface area contributed by atoms with Gasteiger partial charge in [0.15, 0.2) is 54.0 Å². The molecule has 0 radical (unpaired) electrons. The third-order valence-corrected chi connectivity index (χ3v) is 21.6. The molecule has 23 atom stereocenters. The highest BCUT2D eigenvalue weighted by atomic mass is 19.3. The second-order valence-corrected chi connectivity index (χ2v) is 34.2. The molecule has 0 aliphatic carbocycles. The molecule has 139 heavy (non-hydrogen) atoms. The normalized spacial score (nSPS) is 31.2. The maximum atomic E-state index is 15.3. The van der Waals surface area contributed by atoms with Crippen LogP contribution in [0.3, 0.4) is 0 Å². The summed E-state index contributed by atoms with van der Waals surface area (Å²) in [5, 5.41) is 124. The van der Waals surface area contributed by atoms with E-state index in [1.807, 2.05) is 19.8 Å². The van der Waals surface area contributed by atoms with Crippen LogP contribution in [-0.4, -0.2) is 309 Å². The van der Waals surface area contributed by atoms with Crippen LogP contribution in [0.2, 0.25) is 0 Å². The molecule has 7 aliphatic heterocycles. The Balaban J connectivity index is 0.000000205. The van der Waals surface area contributed by atoms with Crippen LogP contribution in [0, 0.1) is 47.0 Å². The van der Waals surface area contributed by atoms with Gasteiger partial charge in [0.25, 0.3) is 0 Å². The van der Waals surface area contributed by atoms with E-state index in [-0.39, 0.29) is 93.4 Å². The van der Waals surface area contributed by atoms with Crippen molar-refractivity contribution in [2.75, 3.05) is 39.6 Å². The molecule has 6 aromatic heterocycles. The number of aliphatic hydroxyl groups is 10. The van der Waals surface area contributed by atoms with Gasteiger partial charge in [0.1, 0.15) is 73.2 Å². The van der Waals surface area contributed by atoms with Crippen molar-refractivity contribution in [2.45, 2.75) is 312 Å². The Morgan fingerprint density at radius 3 is 1.25 bits per heavy atom. The number of aromatic nitrogens is 13. The Bertz CT molecular complexity index is 5690. The molecule has 0 amide bonds. The van der Waals surface area contributed by atoms with Crippen molar-refractivity contribution in [3.05, 3.63) is 190 Å². The van der Waals surface area contributed by atoms with E-state index in [1.165, 1.54) is 66.6 Å². The molecule has 760 valence electrons. The topological polar surface area (TPSA) is 774 Å². The van der Waals surface area contributed by atoms with Gasteiger partial charge < -0.3 is 108 Å². The number of aliphatic hydroxyl groups excluding tert-OH is 10. The van der Waals surface area contributed by atoms with Crippen molar-refractivity contribution >= 4 is 17.8 Å². The molecule has 0 spiro atoms. The van der Waals surface area contributed by atoms with Crippen molar-refractivity contribution in [3.8, 4) is 12.3 Å². The number of hydrogen-bond donors (Lipinski definition) is 10. The van der Waals surface area contributed by atoms with Crippen LogP contribution in [0.5, 0.6) is 0 Å². The Kier molecular flexibility index (Phi) is 38.0. The number of halogens is 3. The van der Waals surface area contributed by atoms with Crippen molar-refractivity contribution in [3.63, 3.8) is 0 Å². The largest absolute Gasteiger partial charge is 0.387 e. The third-order valence-electron chi connectivity index (χ3n) is 21.6. The predicted octanol–water partition coefficient (Wildman–Crippen LogP) is 3.85. The number of fused-ring (bicyclic) bond motifs is 1. The van der Waals surface area contributed by atoms with Gasteiger partial charge in [-0.1, -0.05) is 31.5 Å². The van der Waals surface area contributed by atoms with Crippen LogP contribution < -0.4 is 22.8 Å². The smallest absolute Gasteiger partial charge is 0.350 e. The summed E-state index contributed by atoms with van der Waals surface area (Å²) in [6.07, 6.45) is -10.6.